The van der Waals surface area contributed by atoms with Crippen molar-refractivity contribution in [3.63, 3.8) is 0 Å². The number of nitrogens with zero attached hydrogens (tertiary/aromatic N) is 2. The van der Waals surface area contributed by atoms with Gasteiger partial charge in [-0.2, -0.15) is 0 Å². The minimum atomic E-state index is -1.38. The van der Waals surface area contributed by atoms with Crippen LogP contribution < -0.4 is 0 Å². The Morgan fingerprint density at radius 2 is 2.25 bits per heavy atom. The number of likely N-dealkylation sites (N-methyl/N-ethyl adjacent to an activating group) is 1. The summed E-state index contributed by atoms with van der Waals surface area (Å²) in [5.41, 5.74) is -1.38. The number of rotatable bonds is 4. The Kier molecular flexibility index (Phi) is 3.64. The van der Waals surface area contributed by atoms with Gasteiger partial charge in [0, 0.05) is 25.0 Å². The van der Waals surface area contributed by atoms with Gasteiger partial charge in [-0.3, -0.25) is 4.79 Å². The molecule has 0 aliphatic rings. The van der Waals surface area contributed by atoms with E-state index < -0.39 is 11.5 Å². The van der Waals surface area contributed by atoms with Crippen molar-refractivity contribution in [2.45, 2.75) is 26.3 Å². The Morgan fingerprint density at radius 3 is 2.56 bits per heavy atom. The molecule has 0 aliphatic carbocycles. The van der Waals surface area contributed by atoms with Crippen molar-refractivity contribution in [3.8, 4) is 0 Å². The number of thiazole rings is 1. The molecule has 1 rings (SSSR count). The zero-order valence-electron chi connectivity index (χ0n) is 9.43. The number of aliphatic carboxylic acids is 1. The molecule has 1 N–H and O–H groups in total. The summed E-state index contributed by atoms with van der Waals surface area (Å²) in [6.45, 7) is 4.94. The second-order valence-corrected chi connectivity index (χ2v) is 4.37. The predicted molar refractivity (Wildman–Crippen MR) is 60.2 cm³/mol. The van der Waals surface area contributed by atoms with Gasteiger partial charge in [0.05, 0.1) is 0 Å². The van der Waals surface area contributed by atoms with E-state index in [4.69, 9.17) is 0 Å². The summed E-state index contributed by atoms with van der Waals surface area (Å²) in [6.07, 6.45) is 1.54. The number of aromatic nitrogens is 1. The van der Waals surface area contributed by atoms with Gasteiger partial charge in [0.2, 0.25) is 5.91 Å². The normalized spacial score (nSPS) is 14.2. The van der Waals surface area contributed by atoms with E-state index >= 15 is 0 Å². The Morgan fingerprint density at radius 1 is 1.62 bits per heavy atom. The van der Waals surface area contributed by atoms with Crippen molar-refractivity contribution >= 4 is 23.2 Å². The molecule has 1 aromatic heterocycles. The van der Waals surface area contributed by atoms with Crippen molar-refractivity contribution in [2.75, 3.05) is 6.54 Å². The van der Waals surface area contributed by atoms with E-state index in [0.29, 0.717) is 11.6 Å². The predicted octanol–water partition coefficient (Wildman–Crippen LogP) is 1.31. The van der Waals surface area contributed by atoms with E-state index in [0.717, 1.165) is 0 Å². The second-order valence-electron chi connectivity index (χ2n) is 3.48. The summed E-state index contributed by atoms with van der Waals surface area (Å²) in [7, 11) is 0. The van der Waals surface area contributed by atoms with Crippen LogP contribution in [0.5, 0.6) is 0 Å². The summed E-state index contributed by atoms with van der Waals surface area (Å²) in [6, 6.07) is 0. The molecule has 0 spiro atoms. The van der Waals surface area contributed by atoms with Crippen molar-refractivity contribution < 1.29 is 14.7 Å². The number of carboxylic acids is 1. The van der Waals surface area contributed by atoms with E-state index in [-0.39, 0.29) is 5.91 Å². The third-order valence-corrected chi connectivity index (χ3v) is 3.49. The lowest BCUT2D eigenvalue weighted by Gasteiger charge is -2.34. The molecular formula is C10H14N2O3S. The van der Waals surface area contributed by atoms with Gasteiger partial charge in [0.25, 0.3) is 0 Å². The van der Waals surface area contributed by atoms with Gasteiger partial charge in [0.15, 0.2) is 5.54 Å². The molecular weight excluding hydrogens is 228 g/mol. The van der Waals surface area contributed by atoms with Crippen LogP contribution in [0.25, 0.3) is 0 Å². The first-order chi connectivity index (χ1) is 7.44. The molecule has 0 fully saturated rings. The largest absolute Gasteiger partial charge is 0.479 e. The number of carbonyl (C=O) groups excluding carboxylic acids is 1. The maximum absolute atomic E-state index is 11.5. The van der Waals surface area contributed by atoms with E-state index in [1.807, 2.05) is 0 Å². The smallest absolute Gasteiger partial charge is 0.336 e. The zero-order valence-corrected chi connectivity index (χ0v) is 10.2. The zero-order chi connectivity index (χ0) is 12.3. The molecule has 1 unspecified atom stereocenters. The molecule has 1 heterocycles. The first-order valence-electron chi connectivity index (χ1n) is 4.86. The van der Waals surface area contributed by atoms with Crippen molar-refractivity contribution in [1.82, 2.24) is 9.88 Å². The fraction of sp³-hybridized carbons (Fsp3) is 0.500. The molecule has 5 nitrogen and oxygen atoms in total. The van der Waals surface area contributed by atoms with Crippen LogP contribution in [0.3, 0.4) is 0 Å². The van der Waals surface area contributed by atoms with Crippen molar-refractivity contribution in [1.29, 1.82) is 0 Å². The average molecular weight is 242 g/mol. The van der Waals surface area contributed by atoms with Crippen LogP contribution in [0, 0.1) is 0 Å². The van der Waals surface area contributed by atoms with E-state index in [9.17, 15) is 14.7 Å². The highest BCUT2D eigenvalue weighted by Crippen LogP contribution is 2.30. The van der Waals surface area contributed by atoms with Crippen LogP contribution in [0.2, 0.25) is 0 Å². The fourth-order valence-electron chi connectivity index (χ4n) is 1.64. The lowest BCUT2D eigenvalue weighted by molar-refractivity contribution is -0.158. The van der Waals surface area contributed by atoms with E-state index in [1.165, 1.54) is 36.3 Å². The highest BCUT2D eigenvalue weighted by molar-refractivity contribution is 7.09. The standard InChI is InChI=1S/C10H14N2O3S/c1-4-12(7(2)13)10(3,9(14)15)8-11-5-6-16-8/h5-6H,4H2,1-3H3,(H,14,15). The van der Waals surface area contributed by atoms with Gasteiger partial charge in [-0.15, -0.1) is 11.3 Å². The van der Waals surface area contributed by atoms with E-state index in [2.05, 4.69) is 4.98 Å². The summed E-state index contributed by atoms with van der Waals surface area (Å²) >= 11 is 1.23. The van der Waals surface area contributed by atoms with Gasteiger partial charge in [-0.05, 0) is 13.8 Å². The third-order valence-electron chi connectivity index (χ3n) is 2.50. The monoisotopic (exact) mass is 242 g/mol. The third kappa shape index (κ3) is 1.92. The van der Waals surface area contributed by atoms with Crippen LogP contribution in [-0.2, 0) is 15.1 Å². The number of hydrogen-bond acceptors (Lipinski definition) is 4. The Labute approximate surface area is 97.7 Å². The Balaban J connectivity index is 3.26. The average Bonchev–Trinajstić information content (AvgIpc) is 2.70. The molecule has 0 saturated heterocycles. The molecule has 0 radical (unpaired) electrons. The lowest BCUT2D eigenvalue weighted by Crippen LogP contribution is -2.51. The number of carbonyl (C=O) groups is 2. The van der Waals surface area contributed by atoms with Crippen molar-refractivity contribution in [3.05, 3.63) is 16.6 Å². The molecule has 0 bridgehead atoms. The molecule has 88 valence electrons. The van der Waals surface area contributed by atoms with Gasteiger partial charge in [0.1, 0.15) is 5.01 Å². The maximum atomic E-state index is 11.5. The molecule has 1 aromatic rings. The summed E-state index contributed by atoms with van der Waals surface area (Å²) in [5, 5.41) is 11.4. The molecule has 0 saturated carbocycles. The van der Waals surface area contributed by atoms with Crippen LogP contribution >= 0.6 is 11.3 Å². The lowest BCUT2D eigenvalue weighted by atomic mass is 10.0. The van der Waals surface area contributed by atoms with Crippen molar-refractivity contribution in [2.24, 2.45) is 0 Å². The second kappa shape index (κ2) is 4.61. The van der Waals surface area contributed by atoms with Crippen LogP contribution in [-0.4, -0.2) is 33.4 Å². The summed E-state index contributed by atoms with van der Waals surface area (Å²) < 4.78 is 0. The first-order valence-corrected chi connectivity index (χ1v) is 5.74. The Hall–Kier alpha value is -1.43. The number of hydrogen-bond donors (Lipinski definition) is 1. The topological polar surface area (TPSA) is 70.5 Å². The molecule has 1 amide bonds. The number of carboxylic acid groups (broad SMARTS) is 1. The maximum Gasteiger partial charge on any atom is 0.336 e. The summed E-state index contributed by atoms with van der Waals surface area (Å²) in [5.74, 6) is -1.35. The minimum absolute atomic E-state index is 0.275. The van der Waals surface area contributed by atoms with Gasteiger partial charge >= 0.3 is 5.97 Å². The number of amides is 1. The van der Waals surface area contributed by atoms with E-state index in [1.54, 1.807) is 12.3 Å². The van der Waals surface area contributed by atoms with Crippen LogP contribution in [0.4, 0.5) is 0 Å². The SMILES string of the molecule is CCN(C(C)=O)C(C)(C(=O)O)c1nccs1. The quantitative estimate of drug-likeness (QED) is 0.864. The highest BCUT2D eigenvalue weighted by Gasteiger charge is 2.44. The van der Waals surface area contributed by atoms with Gasteiger partial charge in [-0.25, -0.2) is 9.78 Å². The van der Waals surface area contributed by atoms with Gasteiger partial charge in [-0.1, -0.05) is 0 Å². The molecule has 0 aromatic carbocycles. The molecule has 0 aliphatic heterocycles. The molecule has 1 atom stereocenters. The minimum Gasteiger partial charge on any atom is -0.479 e. The molecule has 6 heteroatoms. The molecule has 16 heavy (non-hydrogen) atoms. The van der Waals surface area contributed by atoms with Gasteiger partial charge < -0.3 is 10.0 Å². The Bertz CT molecular complexity index is 391. The first kappa shape index (κ1) is 12.6. The summed E-state index contributed by atoms with van der Waals surface area (Å²) in [4.78, 5) is 28.2. The highest BCUT2D eigenvalue weighted by atomic mass is 32.1. The van der Waals surface area contributed by atoms with Crippen LogP contribution in [0.1, 0.15) is 25.8 Å². The van der Waals surface area contributed by atoms with Crippen LogP contribution in [0.15, 0.2) is 11.6 Å². The fourth-order valence-corrected chi connectivity index (χ4v) is 2.44.